The second-order valence-corrected chi connectivity index (χ2v) is 10.1. The number of ether oxygens (including phenoxy) is 1. The van der Waals surface area contributed by atoms with Gasteiger partial charge in [0.1, 0.15) is 0 Å². The SMILES string of the molecule is NCC1(C(=O)Nc2cccc(CS(=O)(=O)C3CCCCC3)c2)CCOCC1. The van der Waals surface area contributed by atoms with Gasteiger partial charge in [-0.05, 0) is 43.4 Å². The lowest BCUT2D eigenvalue weighted by atomic mass is 9.79. The molecule has 0 atom stereocenters. The summed E-state index contributed by atoms with van der Waals surface area (Å²) in [5, 5.41) is 2.71. The van der Waals surface area contributed by atoms with Crippen LogP contribution in [0, 0.1) is 5.41 Å². The number of benzene rings is 1. The highest BCUT2D eigenvalue weighted by molar-refractivity contribution is 7.91. The van der Waals surface area contributed by atoms with Gasteiger partial charge in [0, 0.05) is 25.4 Å². The summed E-state index contributed by atoms with van der Waals surface area (Å²) in [5.41, 5.74) is 6.62. The van der Waals surface area contributed by atoms with Crippen LogP contribution in [0.3, 0.4) is 0 Å². The van der Waals surface area contributed by atoms with E-state index in [0.717, 1.165) is 32.1 Å². The van der Waals surface area contributed by atoms with Crippen molar-refractivity contribution in [3.05, 3.63) is 29.8 Å². The minimum absolute atomic E-state index is 0.0250. The van der Waals surface area contributed by atoms with Crippen molar-refractivity contribution in [3.8, 4) is 0 Å². The lowest BCUT2D eigenvalue weighted by Gasteiger charge is -2.34. The molecule has 1 aromatic carbocycles. The molecular weight excluding hydrogens is 364 g/mol. The largest absolute Gasteiger partial charge is 0.381 e. The molecule has 1 amide bonds. The Balaban J connectivity index is 1.69. The maximum atomic E-state index is 12.8. The van der Waals surface area contributed by atoms with Gasteiger partial charge in [0.25, 0.3) is 0 Å². The van der Waals surface area contributed by atoms with Crippen molar-refractivity contribution >= 4 is 21.4 Å². The van der Waals surface area contributed by atoms with Crippen LogP contribution in [0.2, 0.25) is 0 Å². The van der Waals surface area contributed by atoms with E-state index in [9.17, 15) is 13.2 Å². The van der Waals surface area contributed by atoms with E-state index >= 15 is 0 Å². The van der Waals surface area contributed by atoms with E-state index in [1.165, 1.54) is 0 Å². The van der Waals surface area contributed by atoms with Crippen LogP contribution in [0.1, 0.15) is 50.5 Å². The van der Waals surface area contributed by atoms with Gasteiger partial charge in [0.15, 0.2) is 9.84 Å². The van der Waals surface area contributed by atoms with Crippen LogP contribution in [0.15, 0.2) is 24.3 Å². The van der Waals surface area contributed by atoms with Crippen LogP contribution in [0.5, 0.6) is 0 Å². The summed E-state index contributed by atoms with van der Waals surface area (Å²) in [6, 6.07) is 7.16. The molecule has 3 N–H and O–H groups in total. The van der Waals surface area contributed by atoms with E-state index in [1.54, 1.807) is 18.2 Å². The first-order valence-electron chi connectivity index (χ1n) is 9.85. The Kier molecular flexibility index (Phi) is 6.55. The second kappa shape index (κ2) is 8.71. The maximum Gasteiger partial charge on any atom is 0.232 e. The molecule has 150 valence electrons. The van der Waals surface area contributed by atoms with E-state index < -0.39 is 15.3 Å². The quantitative estimate of drug-likeness (QED) is 0.773. The van der Waals surface area contributed by atoms with E-state index in [0.29, 0.717) is 37.3 Å². The van der Waals surface area contributed by atoms with E-state index in [1.807, 2.05) is 6.07 Å². The highest BCUT2D eigenvalue weighted by Gasteiger charge is 2.38. The highest BCUT2D eigenvalue weighted by atomic mass is 32.2. The van der Waals surface area contributed by atoms with Gasteiger partial charge in [-0.15, -0.1) is 0 Å². The van der Waals surface area contributed by atoms with Gasteiger partial charge in [0.2, 0.25) is 5.91 Å². The number of carbonyl (C=O) groups excluding carboxylic acids is 1. The first kappa shape index (κ1) is 20.3. The molecule has 6 nitrogen and oxygen atoms in total. The van der Waals surface area contributed by atoms with Crippen molar-refractivity contribution in [2.45, 2.75) is 55.9 Å². The van der Waals surface area contributed by atoms with Crippen molar-refractivity contribution in [2.75, 3.05) is 25.1 Å². The summed E-state index contributed by atoms with van der Waals surface area (Å²) >= 11 is 0. The number of anilines is 1. The third-order valence-corrected chi connectivity index (χ3v) is 8.16. The molecule has 1 saturated heterocycles. The second-order valence-electron chi connectivity index (χ2n) is 7.82. The molecule has 1 heterocycles. The Morgan fingerprint density at radius 3 is 2.56 bits per heavy atom. The molecular formula is C20H30N2O4S. The standard InChI is InChI=1S/C20H30N2O4S/c21-15-20(9-11-26-12-10-20)19(23)22-17-6-4-5-16(13-17)14-27(24,25)18-7-2-1-3-8-18/h4-6,13,18H,1-3,7-12,14-15,21H2,(H,22,23). The molecule has 1 saturated carbocycles. The molecule has 0 aromatic heterocycles. The predicted molar refractivity (Wildman–Crippen MR) is 106 cm³/mol. The number of carbonyl (C=O) groups is 1. The smallest absolute Gasteiger partial charge is 0.232 e. The summed E-state index contributed by atoms with van der Waals surface area (Å²) in [6.07, 6.45) is 5.84. The van der Waals surface area contributed by atoms with Crippen molar-refractivity contribution in [1.29, 1.82) is 0 Å². The number of nitrogens with one attached hydrogen (secondary N) is 1. The van der Waals surface area contributed by atoms with Gasteiger partial charge >= 0.3 is 0 Å². The van der Waals surface area contributed by atoms with Crippen molar-refractivity contribution in [2.24, 2.45) is 11.1 Å². The molecule has 27 heavy (non-hydrogen) atoms. The monoisotopic (exact) mass is 394 g/mol. The summed E-state index contributed by atoms with van der Waals surface area (Å²) < 4.78 is 30.8. The number of amides is 1. The lowest BCUT2D eigenvalue weighted by molar-refractivity contribution is -0.130. The normalized spacial score (nSPS) is 20.9. The summed E-state index contributed by atoms with van der Waals surface area (Å²) in [6.45, 7) is 1.34. The zero-order valence-electron chi connectivity index (χ0n) is 15.8. The van der Waals surface area contributed by atoms with Crippen LogP contribution in [0.4, 0.5) is 5.69 Å². The van der Waals surface area contributed by atoms with E-state index in [2.05, 4.69) is 5.32 Å². The number of rotatable bonds is 6. The van der Waals surface area contributed by atoms with Gasteiger partial charge in [0.05, 0.1) is 16.4 Å². The fraction of sp³-hybridized carbons (Fsp3) is 0.650. The first-order chi connectivity index (χ1) is 13.0. The molecule has 1 aliphatic carbocycles. The molecule has 1 aliphatic heterocycles. The van der Waals surface area contributed by atoms with Crippen LogP contribution in [-0.2, 0) is 25.1 Å². The zero-order valence-corrected chi connectivity index (χ0v) is 16.6. The number of nitrogens with two attached hydrogens (primary N) is 1. The Morgan fingerprint density at radius 2 is 1.89 bits per heavy atom. The number of hydrogen-bond donors (Lipinski definition) is 2. The minimum Gasteiger partial charge on any atom is -0.381 e. The average molecular weight is 395 g/mol. The third-order valence-electron chi connectivity index (χ3n) is 5.94. The molecule has 0 bridgehead atoms. The molecule has 2 aliphatic rings. The van der Waals surface area contributed by atoms with Crippen molar-refractivity contribution < 1.29 is 17.9 Å². The predicted octanol–water partition coefficient (Wildman–Crippen LogP) is 2.63. The Labute approximate surface area is 161 Å². The summed E-state index contributed by atoms with van der Waals surface area (Å²) in [5.74, 6) is -0.0855. The topological polar surface area (TPSA) is 98.5 Å². The Morgan fingerprint density at radius 1 is 1.19 bits per heavy atom. The third kappa shape index (κ3) is 4.89. The fourth-order valence-electron chi connectivity index (χ4n) is 4.06. The number of hydrogen-bond acceptors (Lipinski definition) is 5. The first-order valence-corrected chi connectivity index (χ1v) is 11.6. The highest BCUT2D eigenvalue weighted by Crippen LogP contribution is 2.31. The molecule has 0 radical (unpaired) electrons. The molecule has 7 heteroatoms. The van der Waals surface area contributed by atoms with E-state index in [4.69, 9.17) is 10.5 Å². The van der Waals surface area contributed by atoms with Gasteiger partial charge in [-0.1, -0.05) is 31.4 Å². The molecule has 0 spiro atoms. The fourth-order valence-corrected chi connectivity index (χ4v) is 5.99. The van der Waals surface area contributed by atoms with Gasteiger partial charge in [-0.3, -0.25) is 4.79 Å². The Hall–Kier alpha value is -1.44. The lowest BCUT2D eigenvalue weighted by Crippen LogP contribution is -2.46. The van der Waals surface area contributed by atoms with Crippen LogP contribution < -0.4 is 11.1 Å². The van der Waals surface area contributed by atoms with Gasteiger partial charge in [-0.2, -0.15) is 0 Å². The summed E-state index contributed by atoms with van der Waals surface area (Å²) in [7, 11) is -3.17. The van der Waals surface area contributed by atoms with Crippen LogP contribution in [-0.4, -0.2) is 39.3 Å². The molecule has 1 aromatic rings. The minimum atomic E-state index is -3.17. The molecule has 3 rings (SSSR count). The van der Waals surface area contributed by atoms with Crippen LogP contribution in [0.25, 0.3) is 0 Å². The van der Waals surface area contributed by atoms with E-state index in [-0.39, 0.29) is 23.5 Å². The van der Waals surface area contributed by atoms with Gasteiger partial charge in [-0.25, -0.2) is 8.42 Å². The molecule has 0 unspecified atom stereocenters. The zero-order chi connectivity index (χ0) is 19.3. The van der Waals surface area contributed by atoms with Crippen molar-refractivity contribution in [3.63, 3.8) is 0 Å². The summed E-state index contributed by atoms with van der Waals surface area (Å²) in [4.78, 5) is 12.8. The maximum absolute atomic E-state index is 12.8. The number of sulfone groups is 1. The van der Waals surface area contributed by atoms with Gasteiger partial charge < -0.3 is 15.8 Å². The Bertz CT molecular complexity index is 751. The molecule has 2 fully saturated rings. The average Bonchev–Trinajstić information content (AvgIpc) is 2.69. The van der Waals surface area contributed by atoms with Crippen molar-refractivity contribution in [1.82, 2.24) is 0 Å². The van der Waals surface area contributed by atoms with Crippen LogP contribution >= 0.6 is 0 Å².